The van der Waals surface area contributed by atoms with Gasteiger partial charge < -0.3 is 9.15 Å². The van der Waals surface area contributed by atoms with Crippen molar-refractivity contribution in [3.63, 3.8) is 0 Å². The molecule has 0 spiro atoms. The van der Waals surface area contributed by atoms with Crippen molar-refractivity contribution in [3.05, 3.63) is 59.0 Å². The van der Waals surface area contributed by atoms with Crippen molar-refractivity contribution in [2.24, 2.45) is 5.10 Å². The van der Waals surface area contributed by atoms with Crippen molar-refractivity contribution >= 4 is 35.0 Å². The summed E-state index contributed by atoms with van der Waals surface area (Å²) in [7, 11) is 0. The summed E-state index contributed by atoms with van der Waals surface area (Å²) >= 11 is 7.35. The zero-order chi connectivity index (χ0) is 22.8. The van der Waals surface area contributed by atoms with Gasteiger partial charge in [0.15, 0.2) is 0 Å². The molecule has 33 heavy (non-hydrogen) atoms. The van der Waals surface area contributed by atoms with Crippen LogP contribution in [0.4, 0.5) is 0 Å². The lowest BCUT2D eigenvalue weighted by molar-refractivity contribution is -0.132. The summed E-state index contributed by atoms with van der Waals surface area (Å²) in [6.07, 6.45) is 4.29. The summed E-state index contributed by atoms with van der Waals surface area (Å²) in [5.41, 5.74) is 1.73. The van der Waals surface area contributed by atoms with Gasteiger partial charge in [-0.2, -0.15) is 5.10 Å². The molecule has 172 valence electrons. The number of carbonyl (C=O) groups is 1. The van der Waals surface area contributed by atoms with Crippen LogP contribution in [0.2, 0.25) is 5.02 Å². The predicted octanol–water partition coefficient (Wildman–Crippen LogP) is 3.96. The van der Waals surface area contributed by atoms with E-state index in [-0.39, 0.29) is 18.1 Å². The third-order valence-corrected chi connectivity index (χ3v) is 7.03. The van der Waals surface area contributed by atoms with Crippen LogP contribution in [0, 0.1) is 0 Å². The van der Waals surface area contributed by atoms with E-state index in [2.05, 4.69) is 20.6 Å². The standard InChI is InChI=1S/C22H23ClN6O3S/c1-14(33-22-24-26-27-28(22)13-17-4-2-10-31-17)21(30)29-19(20-5-3-11-32-20)12-18(25-29)15-6-8-16(23)9-7-15/h3,5-9,11,14,17,19H,2,4,10,12-13H2,1H3/t14-,17+,19+/m0/s1. The first kappa shape index (κ1) is 22.1. The number of thioether (sulfide) groups is 1. The number of rotatable bonds is 7. The number of aromatic nitrogens is 4. The van der Waals surface area contributed by atoms with Crippen molar-refractivity contribution in [3.8, 4) is 0 Å². The van der Waals surface area contributed by atoms with Gasteiger partial charge in [0.05, 0.1) is 29.9 Å². The Morgan fingerprint density at radius 2 is 2.15 bits per heavy atom. The molecule has 2 aliphatic heterocycles. The molecule has 1 saturated heterocycles. The van der Waals surface area contributed by atoms with Crippen LogP contribution < -0.4 is 0 Å². The first-order chi connectivity index (χ1) is 16.1. The first-order valence-electron chi connectivity index (χ1n) is 10.8. The number of hydrazone groups is 1. The zero-order valence-corrected chi connectivity index (χ0v) is 19.6. The molecule has 4 heterocycles. The maximum Gasteiger partial charge on any atom is 0.256 e. The van der Waals surface area contributed by atoms with E-state index >= 15 is 0 Å². The highest BCUT2D eigenvalue weighted by molar-refractivity contribution is 8.00. The van der Waals surface area contributed by atoms with Crippen LogP contribution >= 0.6 is 23.4 Å². The van der Waals surface area contributed by atoms with Gasteiger partial charge in [-0.15, -0.1) is 5.10 Å². The molecule has 1 amide bonds. The Balaban J connectivity index is 1.35. The van der Waals surface area contributed by atoms with E-state index < -0.39 is 5.25 Å². The second kappa shape index (κ2) is 9.66. The van der Waals surface area contributed by atoms with Gasteiger partial charge in [-0.3, -0.25) is 4.79 Å². The highest BCUT2D eigenvalue weighted by Crippen LogP contribution is 2.35. The molecular formula is C22H23ClN6O3S. The monoisotopic (exact) mass is 486 g/mol. The molecule has 1 fully saturated rings. The number of hydrogen-bond donors (Lipinski definition) is 0. The van der Waals surface area contributed by atoms with E-state index in [1.54, 1.807) is 10.9 Å². The number of halogens is 1. The van der Waals surface area contributed by atoms with Gasteiger partial charge in [0.2, 0.25) is 5.16 Å². The number of hydrogen-bond acceptors (Lipinski definition) is 8. The molecule has 11 heteroatoms. The molecule has 0 N–H and O–H groups in total. The summed E-state index contributed by atoms with van der Waals surface area (Å²) in [6.45, 7) is 3.18. The number of tetrazole rings is 1. The van der Waals surface area contributed by atoms with Crippen LogP contribution in [0.3, 0.4) is 0 Å². The summed E-state index contributed by atoms with van der Waals surface area (Å²) in [5, 5.41) is 19.0. The Bertz CT molecular complexity index is 1130. The number of amides is 1. The Morgan fingerprint density at radius 3 is 2.88 bits per heavy atom. The molecule has 5 rings (SSSR count). The van der Waals surface area contributed by atoms with Crippen molar-refractivity contribution < 1.29 is 13.9 Å². The lowest BCUT2D eigenvalue weighted by Crippen LogP contribution is -2.33. The second-order valence-electron chi connectivity index (χ2n) is 8.01. The molecular weight excluding hydrogens is 464 g/mol. The quantitative estimate of drug-likeness (QED) is 0.466. The van der Waals surface area contributed by atoms with E-state index in [1.807, 2.05) is 43.3 Å². The van der Waals surface area contributed by atoms with Crippen LogP contribution in [0.5, 0.6) is 0 Å². The molecule has 3 atom stereocenters. The maximum atomic E-state index is 13.5. The Hall–Kier alpha value is -2.69. The van der Waals surface area contributed by atoms with E-state index in [0.29, 0.717) is 28.9 Å². The van der Waals surface area contributed by atoms with Gasteiger partial charge >= 0.3 is 0 Å². The number of carbonyl (C=O) groups excluding carboxylic acids is 1. The first-order valence-corrected chi connectivity index (χ1v) is 12.1. The average Bonchev–Trinajstić information content (AvgIpc) is 3.61. The summed E-state index contributed by atoms with van der Waals surface area (Å²) < 4.78 is 13.0. The fourth-order valence-electron chi connectivity index (χ4n) is 4.00. The zero-order valence-electron chi connectivity index (χ0n) is 18.0. The van der Waals surface area contributed by atoms with Crippen molar-refractivity contribution in [1.29, 1.82) is 0 Å². The minimum atomic E-state index is -0.454. The van der Waals surface area contributed by atoms with Crippen LogP contribution in [0.15, 0.2) is 57.3 Å². The number of benzene rings is 1. The largest absolute Gasteiger partial charge is 0.467 e. The Kier molecular flexibility index (Phi) is 6.48. The van der Waals surface area contributed by atoms with Gasteiger partial charge in [-0.1, -0.05) is 35.5 Å². The van der Waals surface area contributed by atoms with Crippen molar-refractivity contribution in [2.45, 2.75) is 55.3 Å². The third kappa shape index (κ3) is 4.83. The molecule has 3 aromatic rings. The summed E-state index contributed by atoms with van der Waals surface area (Å²) in [6, 6.07) is 10.8. The molecule has 0 saturated carbocycles. The van der Waals surface area contributed by atoms with Gasteiger partial charge in [-0.25, -0.2) is 9.69 Å². The van der Waals surface area contributed by atoms with Crippen LogP contribution in [-0.2, 0) is 16.1 Å². The van der Waals surface area contributed by atoms with Crippen LogP contribution in [0.1, 0.15) is 43.6 Å². The van der Waals surface area contributed by atoms with Gasteiger partial charge in [0, 0.05) is 18.1 Å². The second-order valence-corrected chi connectivity index (χ2v) is 9.75. The Morgan fingerprint density at radius 1 is 1.30 bits per heavy atom. The van der Waals surface area contributed by atoms with E-state index in [9.17, 15) is 4.79 Å². The molecule has 1 aromatic carbocycles. The molecule has 0 radical (unpaired) electrons. The van der Waals surface area contributed by atoms with Gasteiger partial charge in [0.25, 0.3) is 5.91 Å². The predicted molar refractivity (Wildman–Crippen MR) is 123 cm³/mol. The van der Waals surface area contributed by atoms with Crippen LogP contribution in [0.25, 0.3) is 0 Å². The van der Waals surface area contributed by atoms with Gasteiger partial charge in [0.1, 0.15) is 11.8 Å². The van der Waals surface area contributed by atoms with E-state index in [1.165, 1.54) is 16.8 Å². The topological polar surface area (TPSA) is 98.6 Å². The molecule has 2 aliphatic rings. The SMILES string of the molecule is C[C@H](Sc1nnnn1C[C@H]1CCCO1)C(=O)N1N=C(c2ccc(Cl)cc2)C[C@@H]1c1ccco1. The molecule has 9 nitrogen and oxygen atoms in total. The fourth-order valence-corrected chi connectivity index (χ4v) is 4.97. The lowest BCUT2D eigenvalue weighted by Gasteiger charge is -2.22. The fraction of sp³-hybridized carbons (Fsp3) is 0.409. The minimum absolute atomic E-state index is 0.104. The number of furan rings is 1. The third-order valence-electron chi connectivity index (χ3n) is 5.71. The molecule has 0 unspecified atom stereocenters. The van der Waals surface area contributed by atoms with Crippen molar-refractivity contribution in [1.82, 2.24) is 25.2 Å². The van der Waals surface area contributed by atoms with Crippen molar-refractivity contribution in [2.75, 3.05) is 6.61 Å². The van der Waals surface area contributed by atoms with E-state index in [4.69, 9.17) is 20.8 Å². The summed E-state index contributed by atoms with van der Waals surface area (Å²) in [4.78, 5) is 13.5. The molecule has 0 aliphatic carbocycles. The number of ether oxygens (including phenoxy) is 1. The average molecular weight is 487 g/mol. The lowest BCUT2D eigenvalue weighted by atomic mass is 10.0. The summed E-state index contributed by atoms with van der Waals surface area (Å²) in [5.74, 6) is 0.550. The normalized spacial score (nSPS) is 21.4. The Labute approximate surface area is 200 Å². The molecule has 0 bridgehead atoms. The highest BCUT2D eigenvalue weighted by atomic mass is 35.5. The minimum Gasteiger partial charge on any atom is -0.467 e. The molecule has 2 aromatic heterocycles. The van der Waals surface area contributed by atoms with E-state index in [0.717, 1.165) is 30.7 Å². The van der Waals surface area contributed by atoms with Crippen LogP contribution in [-0.4, -0.2) is 54.8 Å². The van der Waals surface area contributed by atoms with Gasteiger partial charge in [-0.05, 0) is 60.0 Å². The highest BCUT2D eigenvalue weighted by Gasteiger charge is 2.37. The smallest absolute Gasteiger partial charge is 0.256 e. The maximum absolute atomic E-state index is 13.5. The number of nitrogens with zero attached hydrogens (tertiary/aromatic N) is 6.